The van der Waals surface area contributed by atoms with E-state index in [4.69, 9.17) is 14.2 Å². The zero-order valence-electron chi connectivity index (χ0n) is 23.0. The highest BCUT2D eigenvalue weighted by Gasteiger charge is 2.14. The molecule has 8 nitrogen and oxygen atoms in total. The SMILES string of the molecule is CCOc1cc(C(=O)N/N=C/c2cc(Br)cc(Br)c2OCC(=O)Nc2cccc(C)c2)ccc1OCc1ccccc1. The van der Waals surface area contributed by atoms with E-state index in [9.17, 15) is 9.59 Å². The van der Waals surface area contributed by atoms with Gasteiger partial charge < -0.3 is 19.5 Å². The molecule has 4 aromatic rings. The Labute approximate surface area is 261 Å². The van der Waals surface area contributed by atoms with E-state index in [1.807, 2.05) is 68.4 Å². The number of hydrazone groups is 1. The second kappa shape index (κ2) is 15.2. The van der Waals surface area contributed by atoms with Crippen LogP contribution in [0.4, 0.5) is 5.69 Å². The predicted molar refractivity (Wildman–Crippen MR) is 171 cm³/mol. The first-order chi connectivity index (χ1) is 20.3. The van der Waals surface area contributed by atoms with Crippen LogP contribution >= 0.6 is 31.9 Å². The fourth-order valence-electron chi connectivity index (χ4n) is 3.88. The number of anilines is 1. The number of hydrogen-bond acceptors (Lipinski definition) is 6. The monoisotopic (exact) mass is 693 g/mol. The predicted octanol–water partition coefficient (Wildman–Crippen LogP) is 7.28. The average Bonchev–Trinajstić information content (AvgIpc) is 2.96. The van der Waals surface area contributed by atoms with Crippen molar-refractivity contribution in [2.45, 2.75) is 20.5 Å². The first-order valence-electron chi connectivity index (χ1n) is 13.1. The van der Waals surface area contributed by atoms with Gasteiger partial charge in [-0.25, -0.2) is 5.43 Å². The average molecular weight is 695 g/mol. The van der Waals surface area contributed by atoms with Crippen molar-refractivity contribution in [3.8, 4) is 17.2 Å². The van der Waals surface area contributed by atoms with Crippen LogP contribution in [0.15, 0.2) is 99.0 Å². The molecule has 0 aliphatic rings. The Morgan fingerprint density at radius 1 is 0.881 bits per heavy atom. The van der Waals surface area contributed by atoms with Crippen molar-refractivity contribution in [1.29, 1.82) is 0 Å². The highest BCUT2D eigenvalue weighted by atomic mass is 79.9. The van der Waals surface area contributed by atoms with E-state index in [2.05, 4.69) is 47.7 Å². The number of rotatable bonds is 12. The topological polar surface area (TPSA) is 98.3 Å². The molecule has 0 spiro atoms. The molecule has 0 aromatic heterocycles. The number of halogens is 2. The minimum Gasteiger partial charge on any atom is -0.490 e. The number of ether oxygens (including phenoxy) is 3. The number of carbonyl (C=O) groups excluding carboxylic acids is 2. The van der Waals surface area contributed by atoms with E-state index in [0.717, 1.165) is 15.6 Å². The summed E-state index contributed by atoms with van der Waals surface area (Å²) in [5, 5.41) is 6.94. The Morgan fingerprint density at radius 3 is 2.45 bits per heavy atom. The van der Waals surface area contributed by atoms with Crippen molar-refractivity contribution < 1.29 is 23.8 Å². The smallest absolute Gasteiger partial charge is 0.271 e. The van der Waals surface area contributed by atoms with Gasteiger partial charge in [-0.2, -0.15) is 5.10 Å². The summed E-state index contributed by atoms with van der Waals surface area (Å²) in [6.45, 7) is 4.37. The molecule has 0 fully saturated rings. The third-order valence-electron chi connectivity index (χ3n) is 5.80. The van der Waals surface area contributed by atoms with Gasteiger partial charge in [0.2, 0.25) is 0 Å². The summed E-state index contributed by atoms with van der Waals surface area (Å²) in [6, 6.07) is 25.8. The third-order valence-corrected chi connectivity index (χ3v) is 6.85. The Bertz CT molecular complexity index is 1580. The van der Waals surface area contributed by atoms with Crippen molar-refractivity contribution in [1.82, 2.24) is 5.43 Å². The summed E-state index contributed by atoms with van der Waals surface area (Å²) in [7, 11) is 0. The molecule has 0 heterocycles. The Balaban J connectivity index is 1.41. The summed E-state index contributed by atoms with van der Waals surface area (Å²) in [4.78, 5) is 25.4. The fraction of sp³-hybridized carbons (Fsp3) is 0.156. The van der Waals surface area contributed by atoms with Crippen LogP contribution in [0.3, 0.4) is 0 Å². The maximum Gasteiger partial charge on any atom is 0.271 e. The summed E-state index contributed by atoms with van der Waals surface area (Å²) < 4.78 is 18.8. The van der Waals surface area contributed by atoms with Crippen LogP contribution in [-0.4, -0.2) is 31.2 Å². The normalized spacial score (nSPS) is 10.8. The van der Waals surface area contributed by atoms with Crippen LogP contribution in [0.1, 0.15) is 34.0 Å². The molecule has 42 heavy (non-hydrogen) atoms. The summed E-state index contributed by atoms with van der Waals surface area (Å²) in [5.41, 5.74) is 6.16. The van der Waals surface area contributed by atoms with Crippen molar-refractivity contribution >= 4 is 55.6 Å². The van der Waals surface area contributed by atoms with E-state index < -0.39 is 5.91 Å². The van der Waals surface area contributed by atoms with Crippen LogP contribution in [0.25, 0.3) is 0 Å². The number of hydrogen-bond donors (Lipinski definition) is 2. The van der Waals surface area contributed by atoms with Gasteiger partial charge in [0.25, 0.3) is 11.8 Å². The highest BCUT2D eigenvalue weighted by Crippen LogP contribution is 2.32. The fourth-order valence-corrected chi connectivity index (χ4v) is 5.26. The summed E-state index contributed by atoms with van der Waals surface area (Å²) in [5.74, 6) is 0.645. The van der Waals surface area contributed by atoms with Crippen LogP contribution in [0.5, 0.6) is 17.2 Å². The molecular weight excluding hydrogens is 666 g/mol. The van der Waals surface area contributed by atoms with E-state index in [1.54, 1.807) is 30.3 Å². The molecule has 216 valence electrons. The van der Waals surface area contributed by atoms with Gasteiger partial charge in [0.05, 0.1) is 17.3 Å². The molecule has 2 N–H and O–H groups in total. The van der Waals surface area contributed by atoms with Crippen molar-refractivity contribution in [2.24, 2.45) is 5.10 Å². The second-order valence-corrected chi connectivity index (χ2v) is 10.9. The number of carbonyl (C=O) groups is 2. The zero-order chi connectivity index (χ0) is 29.9. The standard InChI is InChI=1S/C32H29Br2N3O5/c1-3-40-29-16-23(12-13-28(29)41-19-22-9-5-4-6-10-22)32(39)37-35-18-24-15-25(33)17-27(34)31(24)42-20-30(38)36-26-11-7-8-21(2)14-26/h4-18H,3,19-20H2,1-2H3,(H,36,38)(H,37,39)/b35-18+. The van der Waals surface area contributed by atoms with Crippen molar-refractivity contribution in [3.05, 3.63) is 116 Å². The van der Waals surface area contributed by atoms with E-state index in [1.165, 1.54) is 6.21 Å². The highest BCUT2D eigenvalue weighted by molar-refractivity contribution is 9.11. The third kappa shape index (κ3) is 8.92. The molecule has 10 heteroatoms. The maximum atomic E-state index is 12.9. The molecule has 4 rings (SSSR count). The number of amides is 2. The minimum atomic E-state index is -0.434. The number of nitrogens with one attached hydrogen (secondary N) is 2. The molecule has 0 radical (unpaired) electrons. The molecule has 0 unspecified atom stereocenters. The van der Waals surface area contributed by atoms with Crippen LogP contribution in [-0.2, 0) is 11.4 Å². The lowest BCUT2D eigenvalue weighted by molar-refractivity contribution is -0.118. The van der Waals surface area contributed by atoms with Crippen molar-refractivity contribution in [2.75, 3.05) is 18.5 Å². The lowest BCUT2D eigenvalue weighted by atomic mass is 10.2. The van der Waals surface area contributed by atoms with Gasteiger partial charge in [-0.15, -0.1) is 0 Å². The van der Waals surface area contributed by atoms with Gasteiger partial charge in [0.1, 0.15) is 12.4 Å². The second-order valence-electron chi connectivity index (χ2n) is 9.08. The number of nitrogens with zero attached hydrogens (tertiary/aromatic N) is 1. The van der Waals surface area contributed by atoms with Gasteiger partial charge in [-0.1, -0.05) is 58.4 Å². The molecule has 0 aliphatic carbocycles. The first kappa shape index (κ1) is 30.8. The van der Waals surface area contributed by atoms with Crippen LogP contribution in [0, 0.1) is 6.92 Å². The number of benzene rings is 4. The van der Waals surface area contributed by atoms with E-state index in [-0.39, 0.29) is 12.5 Å². The van der Waals surface area contributed by atoms with Gasteiger partial charge >= 0.3 is 0 Å². The molecular formula is C32H29Br2N3O5. The summed E-state index contributed by atoms with van der Waals surface area (Å²) >= 11 is 6.93. The first-order valence-corrected chi connectivity index (χ1v) is 14.7. The van der Waals surface area contributed by atoms with Gasteiger partial charge in [0.15, 0.2) is 18.1 Å². The Kier molecular flexibility index (Phi) is 11.1. The molecule has 2 amide bonds. The quantitative estimate of drug-likeness (QED) is 0.120. The lowest BCUT2D eigenvalue weighted by Gasteiger charge is -2.13. The molecule has 0 saturated heterocycles. The largest absolute Gasteiger partial charge is 0.490 e. The molecule has 0 atom stereocenters. The van der Waals surface area contributed by atoms with Crippen LogP contribution < -0.4 is 25.0 Å². The van der Waals surface area contributed by atoms with Gasteiger partial charge in [-0.3, -0.25) is 9.59 Å². The maximum absolute atomic E-state index is 12.9. The van der Waals surface area contributed by atoms with Crippen molar-refractivity contribution in [3.63, 3.8) is 0 Å². The summed E-state index contributed by atoms with van der Waals surface area (Å²) in [6.07, 6.45) is 1.45. The molecule has 0 aliphatic heterocycles. The molecule has 4 aromatic carbocycles. The Morgan fingerprint density at radius 2 is 1.69 bits per heavy atom. The van der Waals surface area contributed by atoms with E-state index in [0.29, 0.717) is 51.7 Å². The van der Waals surface area contributed by atoms with Crippen LogP contribution in [0.2, 0.25) is 0 Å². The molecule has 0 bridgehead atoms. The zero-order valence-corrected chi connectivity index (χ0v) is 26.2. The van der Waals surface area contributed by atoms with E-state index >= 15 is 0 Å². The van der Waals surface area contributed by atoms with Gasteiger partial charge in [-0.05, 0) is 83.4 Å². The molecule has 0 saturated carbocycles. The lowest BCUT2D eigenvalue weighted by Crippen LogP contribution is -2.21. The number of aryl methyl sites for hydroxylation is 1. The minimum absolute atomic E-state index is 0.222. The van der Waals surface area contributed by atoms with Gasteiger partial charge in [0, 0.05) is 21.3 Å². The Hall–Kier alpha value is -4.15.